The van der Waals surface area contributed by atoms with E-state index in [1.165, 1.54) is 0 Å². The summed E-state index contributed by atoms with van der Waals surface area (Å²) in [5.74, 6) is 0.141. The number of benzene rings is 2. The summed E-state index contributed by atoms with van der Waals surface area (Å²) in [7, 11) is 0. The SMILES string of the molecule is Cc1c(CC(=O)O)cccc1OCCONC(=CC(C)C)c1ccc(-n2cccn2)cc1. The van der Waals surface area contributed by atoms with Gasteiger partial charge in [-0.25, -0.2) is 4.68 Å². The van der Waals surface area contributed by atoms with Crippen LogP contribution >= 0.6 is 0 Å². The van der Waals surface area contributed by atoms with E-state index in [1.54, 1.807) is 18.3 Å². The molecule has 0 spiro atoms. The van der Waals surface area contributed by atoms with E-state index in [4.69, 9.17) is 14.7 Å². The Balaban J connectivity index is 1.55. The molecule has 0 radical (unpaired) electrons. The Morgan fingerprint density at radius 1 is 1.16 bits per heavy atom. The Labute approximate surface area is 188 Å². The number of ether oxygens (including phenoxy) is 1. The number of hydrogen-bond acceptors (Lipinski definition) is 5. The molecule has 0 aliphatic carbocycles. The smallest absolute Gasteiger partial charge is 0.307 e. The van der Waals surface area contributed by atoms with Crippen LogP contribution in [0, 0.1) is 12.8 Å². The van der Waals surface area contributed by atoms with E-state index in [-0.39, 0.29) is 6.42 Å². The van der Waals surface area contributed by atoms with Crippen LogP contribution in [0.3, 0.4) is 0 Å². The van der Waals surface area contributed by atoms with Crippen LogP contribution in [0.5, 0.6) is 5.75 Å². The molecule has 2 aromatic carbocycles. The van der Waals surface area contributed by atoms with Gasteiger partial charge in [0.25, 0.3) is 0 Å². The predicted molar refractivity (Wildman–Crippen MR) is 123 cm³/mol. The number of aliphatic carboxylic acids is 1. The van der Waals surface area contributed by atoms with Gasteiger partial charge in [-0.3, -0.25) is 15.1 Å². The van der Waals surface area contributed by atoms with Crippen LogP contribution in [0.2, 0.25) is 0 Å². The molecular formula is C25H29N3O4. The van der Waals surface area contributed by atoms with Crippen LogP contribution in [-0.2, 0) is 16.1 Å². The van der Waals surface area contributed by atoms with Gasteiger partial charge >= 0.3 is 5.97 Å². The Morgan fingerprint density at radius 2 is 1.94 bits per heavy atom. The van der Waals surface area contributed by atoms with Gasteiger partial charge in [0.1, 0.15) is 19.0 Å². The molecule has 0 saturated carbocycles. The Bertz CT molecular complexity index is 1040. The number of hydrogen-bond donors (Lipinski definition) is 2. The monoisotopic (exact) mass is 435 g/mol. The Hall–Kier alpha value is -3.58. The number of rotatable bonds is 11. The van der Waals surface area contributed by atoms with Crippen molar-refractivity contribution in [1.29, 1.82) is 0 Å². The molecule has 2 N–H and O–H groups in total. The van der Waals surface area contributed by atoms with E-state index < -0.39 is 5.97 Å². The third-order valence-electron chi connectivity index (χ3n) is 4.81. The highest BCUT2D eigenvalue weighted by Crippen LogP contribution is 2.22. The second-order valence-corrected chi connectivity index (χ2v) is 7.73. The van der Waals surface area contributed by atoms with E-state index >= 15 is 0 Å². The second kappa shape index (κ2) is 11.2. The Morgan fingerprint density at radius 3 is 2.59 bits per heavy atom. The largest absolute Gasteiger partial charge is 0.491 e. The minimum atomic E-state index is -0.861. The molecule has 0 atom stereocenters. The van der Waals surface area contributed by atoms with Crippen molar-refractivity contribution in [3.8, 4) is 11.4 Å². The quantitative estimate of drug-likeness (QED) is 0.343. The van der Waals surface area contributed by atoms with Gasteiger partial charge in [0.15, 0.2) is 0 Å². The van der Waals surface area contributed by atoms with Gasteiger partial charge in [-0.1, -0.05) is 44.2 Å². The summed E-state index contributed by atoms with van der Waals surface area (Å²) in [6.45, 7) is 6.73. The number of carbonyl (C=O) groups is 1. The molecule has 0 amide bonds. The van der Waals surface area contributed by atoms with Gasteiger partial charge in [0.2, 0.25) is 0 Å². The van der Waals surface area contributed by atoms with E-state index in [2.05, 4.69) is 30.5 Å². The first-order chi connectivity index (χ1) is 15.4. The lowest BCUT2D eigenvalue weighted by Gasteiger charge is -2.15. The van der Waals surface area contributed by atoms with Crippen LogP contribution in [0.4, 0.5) is 0 Å². The highest BCUT2D eigenvalue weighted by molar-refractivity contribution is 5.71. The summed E-state index contributed by atoms with van der Waals surface area (Å²) in [5, 5.41) is 13.3. The van der Waals surface area contributed by atoms with E-state index in [1.807, 2.05) is 54.2 Å². The zero-order valence-corrected chi connectivity index (χ0v) is 18.6. The van der Waals surface area contributed by atoms with Crippen LogP contribution in [0.25, 0.3) is 11.4 Å². The van der Waals surface area contributed by atoms with Crippen molar-refractivity contribution in [1.82, 2.24) is 15.3 Å². The third-order valence-corrected chi connectivity index (χ3v) is 4.81. The molecular weight excluding hydrogens is 406 g/mol. The summed E-state index contributed by atoms with van der Waals surface area (Å²) in [6.07, 6.45) is 5.73. The number of nitrogens with zero attached hydrogens (tertiary/aromatic N) is 2. The first-order valence-corrected chi connectivity index (χ1v) is 10.6. The zero-order valence-electron chi connectivity index (χ0n) is 18.6. The molecule has 7 heteroatoms. The molecule has 0 fully saturated rings. The molecule has 0 aliphatic heterocycles. The van der Waals surface area contributed by atoms with Gasteiger partial charge < -0.3 is 9.84 Å². The summed E-state index contributed by atoms with van der Waals surface area (Å²) < 4.78 is 7.61. The zero-order chi connectivity index (χ0) is 22.9. The molecule has 0 saturated heterocycles. The minimum Gasteiger partial charge on any atom is -0.491 e. The lowest BCUT2D eigenvalue weighted by Crippen LogP contribution is -2.18. The molecule has 1 aromatic heterocycles. The summed E-state index contributed by atoms with van der Waals surface area (Å²) in [5.41, 5.74) is 7.49. The van der Waals surface area contributed by atoms with Crippen molar-refractivity contribution in [3.63, 3.8) is 0 Å². The molecule has 3 rings (SSSR count). The van der Waals surface area contributed by atoms with Crippen LogP contribution in [-0.4, -0.2) is 34.1 Å². The fourth-order valence-corrected chi connectivity index (χ4v) is 3.23. The average molecular weight is 436 g/mol. The summed E-state index contributed by atoms with van der Waals surface area (Å²) in [6, 6.07) is 15.4. The molecule has 168 valence electrons. The second-order valence-electron chi connectivity index (χ2n) is 7.73. The summed E-state index contributed by atoms with van der Waals surface area (Å²) in [4.78, 5) is 16.6. The van der Waals surface area contributed by atoms with Crippen molar-refractivity contribution in [3.05, 3.63) is 83.7 Å². The maximum absolute atomic E-state index is 11.0. The van der Waals surface area contributed by atoms with E-state index in [9.17, 15) is 4.79 Å². The maximum atomic E-state index is 11.0. The number of aromatic nitrogens is 2. The average Bonchev–Trinajstić information content (AvgIpc) is 3.29. The highest BCUT2D eigenvalue weighted by atomic mass is 16.7. The van der Waals surface area contributed by atoms with Gasteiger partial charge in [-0.15, -0.1) is 0 Å². The molecule has 3 aromatic rings. The Kier molecular flexibility index (Phi) is 8.05. The van der Waals surface area contributed by atoms with Crippen LogP contribution in [0.15, 0.2) is 67.0 Å². The van der Waals surface area contributed by atoms with Crippen molar-refractivity contribution in [2.45, 2.75) is 27.2 Å². The number of nitrogens with one attached hydrogen (secondary N) is 1. The number of allylic oxidation sites excluding steroid dienone is 1. The lowest BCUT2D eigenvalue weighted by atomic mass is 10.1. The lowest BCUT2D eigenvalue weighted by molar-refractivity contribution is -0.136. The molecule has 32 heavy (non-hydrogen) atoms. The van der Waals surface area contributed by atoms with Crippen LogP contribution in [0.1, 0.15) is 30.5 Å². The number of carboxylic acid groups (broad SMARTS) is 1. The van der Waals surface area contributed by atoms with Gasteiger partial charge in [-0.2, -0.15) is 5.10 Å². The van der Waals surface area contributed by atoms with E-state index in [0.717, 1.165) is 28.1 Å². The topological polar surface area (TPSA) is 85.6 Å². The van der Waals surface area contributed by atoms with Crippen molar-refractivity contribution >= 4 is 11.7 Å². The fraction of sp³-hybridized carbons (Fsp3) is 0.280. The summed E-state index contributed by atoms with van der Waals surface area (Å²) >= 11 is 0. The third kappa shape index (κ3) is 6.46. The molecule has 0 aliphatic rings. The highest BCUT2D eigenvalue weighted by Gasteiger charge is 2.09. The van der Waals surface area contributed by atoms with Gasteiger partial charge in [0, 0.05) is 12.4 Å². The first-order valence-electron chi connectivity index (χ1n) is 10.6. The van der Waals surface area contributed by atoms with Crippen molar-refractivity contribution in [2.24, 2.45) is 5.92 Å². The first kappa shape index (κ1) is 23.1. The van der Waals surface area contributed by atoms with Gasteiger partial charge in [0.05, 0.1) is 17.8 Å². The number of hydroxylamine groups is 1. The molecule has 7 nitrogen and oxygen atoms in total. The molecule has 1 heterocycles. The van der Waals surface area contributed by atoms with E-state index in [0.29, 0.717) is 24.9 Å². The van der Waals surface area contributed by atoms with Crippen molar-refractivity contribution in [2.75, 3.05) is 13.2 Å². The molecule has 0 bridgehead atoms. The van der Waals surface area contributed by atoms with Gasteiger partial charge in [-0.05, 0) is 53.8 Å². The predicted octanol–water partition coefficient (Wildman–Crippen LogP) is 4.40. The van der Waals surface area contributed by atoms with Crippen molar-refractivity contribution < 1.29 is 19.5 Å². The molecule has 0 unspecified atom stereocenters. The van der Waals surface area contributed by atoms with Crippen LogP contribution < -0.4 is 10.2 Å². The normalized spacial score (nSPS) is 11.6. The maximum Gasteiger partial charge on any atom is 0.307 e. The standard InChI is InChI=1S/C25H29N3O4/c1-18(2)16-23(20-8-10-22(11-9-20)28-13-5-12-26-28)27-32-15-14-31-24-7-4-6-21(19(24)3)17-25(29)30/h4-13,16,18,27H,14-15,17H2,1-3H3,(H,29,30). The fourth-order valence-electron chi connectivity index (χ4n) is 3.23. The number of carboxylic acids is 1. The minimum absolute atomic E-state index is 0.0242.